The summed E-state index contributed by atoms with van der Waals surface area (Å²) in [5.41, 5.74) is 0. The van der Waals surface area contributed by atoms with E-state index in [2.05, 4.69) is 4.74 Å². The van der Waals surface area contributed by atoms with Crippen LogP contribution < -0.4 is 0 Å². The van der Waals surface area contributed by atoms with Gasteiger partial charge in [0, 0.05) is 0 Å². The number of ether oxygens (including phenoxy) is 2. The fourth-order valence-electron chi connectivity index (χ4n) is 0.301. The van der Waals surface area contributed by atoms with Crippen LogP contribution in [0.25, 0.3) is 0 Å². The minimum absolute atomic E-state index is 0.0680. The molecule has 0 fully saturated rings. The van der Waals surface area contributed by atoms with Crippen LogP contribution in [0, 0.1) is 0 Å². The van der Waals surface area contributed by atoms with Gasteiger partial charge in [0.15, 0.2) is 6.79 Å². The van der Waals surface area contributed by atoms with E-state index < -0.39 is 0 Å². The average Bonchev–Trinajstić information content (AvgIpc) is 1.89. The fraction of sp³-hybridized carbons (Fsp3) is 0.833. The number of carbonyl (C=O) groups is 1. The molecule has 0 aliphatic rings. The zero-order valence-corrected chi connectivity index (χ0v) is 5.79. The molecular formula is C6H12O3. The summed E-state index contributed by atoms with van der Waals surface area (Å²) in [6.07, 6.45) is 1.10. The van der Waals surface area contributed by atoms with Gasteiger partial charge in [-0.2, -0.15) is 0 Å². The van der Waals surface area contributed by atoms with Crippen LogP contribution in [0.5, 0.6) is 0 Å². The van der Waals surface area contributed by atoms with E-state index in [0.717, 1.165) is 6.42 Å². The Morgan fingerprint density at radius 2 is 2.33 bits per heavy atom. The highest BCUT2D eigenvalue weighted by Gasteiger charge is 1.95. The summed E-state index contributed by atoms with van der Waals surface area (Å²) in [6, 6.07) is 0. The molecule has 9 heavy (non-hydrogen) atoms. The highest BCUT2D eigenvalue weighted by atomic mass is 16.7. The molecule has 1 atom stereocenters. The van der Waals surface area contributed by atoms with Gasteiger partial charge in [-0.3, -0.25) is 4.79 Å². The molecule has 0 aromatic carbocycles. The monoisotopic (exact) mass is 132 g/mol. The van der Waals surface area contributed by atoms with Gasteiger partial charge >= 0.3 is 0 Å². The van der Waals surface area contributed by atoms with Crippen molar-refractivity contribution < 1.29 is 14.3 Å². The number of carbonyl (C=O) groups excluding carboxylic acids is 1. The van der Waals surface area contributed by atoms with Crippen LogP contribution in [0.1, 0.15) is 20.3 Å². The molecule has 0 aromatic rings. The first-order chi connectivity index (χ1) is 4.31. The van der Waals surface area contributed by atoms with Crippen LogP contribution >= 0.6 is 0 Å². The van der Waals surface area contributed by atoms with Crippen LogP contribution in [0.2, 0.25) is 0 Å². The number of hydrogen-bond acceptors (Lipinski definition) is 3. The first kappa shape index (κ1) is 8.43. The molecule has 3 heteroatoms. The third-order valence-electron chi connectivity index (χ3n) is 1.06. The summed E-state index contributed by atoms with van der Waals surface area (Å²) in [5.74, 6) is 0. The van der Waals surface area contributed by atoms with Gasteiger partial charge in [-0.05, 0) is 13.3 Å². The Kier molecular flexibility index (Phi) is 5.21. The minimum Gasteiger partial charge on any atom is -0.441 e. The molecule has 3 nitrogen and oxygen atoms in total. The van der Waals surface area contributed by atoms with E-state index in [1.807, 2.05) is 13.8 Å². The maximum atomic E-state index is 9.57. The molecule has 0 amide bonds. The molecule has 0 rings (SSSR count). The highest BCUT2D eigenvalue weighted by molar-refractivity contribution is 5.36. The van der Waals surface area contributed by atoms with Crippen molar-refractivity contribution in [2.24, 2.45) is 0 Å². The average molecular weight is 132 g/mol. The third kappa shape index (κ3) is 5.30. The van der Waals surface area contributed by atoms with Gasteiger partial charge < -0.3 is 9.47 Å². The summed E-state index contributed by atoms with van der Waals surface area (Å²) >= 11 is 0. The van der Waals surface area contributed by atoms with Crippen LogP contribution in [0.15, 0.2) is 0 Å². The lowest BCUT2D eigenvalue weighted by Gasteiger charge is -2.07. The molecule has 54 valence electrons. The maximum absolute atomic E-state index is 9.57. The Morgan fingerprint density at radius 3 is 2.78 bits per heavy atom. The van der Waals surface area contributed by atoms with Gasteiger partial charge in [0.1, 0.15) is 0 Å². The molecule has 0 aliphatic heterocycles. The molecule has 0 saturated heterocycles. The fourth-order valence-corrected chi connectivity index (χ4v) is 0.301. The van der Waals surface area contributed by atoms with Crippen LogP contribution in [-0.4, -0.2) is 19.4 Å². The SMILES string of the molecule is CCC(C)OCOC=O. The number of rotatable bonds is 5. The van der Waals surface area contributed by atoms with Gasteiger partial charge in [-0.25, -0.2) is 0 Å². The zero-order chi connectivity index (χ0) is 7.11. The summed E-state index contributed by atoms with van der Waals surface area (Å²) in [4.78, 5) is 9.57. The van der Waals surface area contributed by atoms with Crippen LogP contribution in [0.4, 0.5) is 0 Å². The van der Waals surface area contributed by atoms with E-state index in [0.29, 0.717) is 6.47 Å². The molecule has 0 saturated carbocycles. The summed E-state index contributed by atoms with van der Waals surface area (Å²) in [5, 5.41) is 0. The molecule has 0 aliphatic carbocycles. The predicted molar refractivity (Wildman–Crippen MR) is 32.9 cm³/mol. The van der Waals surface area contributed by atoms with E-state index in [1.54, 1.807) is 0 Å². The lowest BCUT2D eigenvalue weighted by atomic mass is 10.3. The molecule has 0 aromatic heterocycles. The molecule has 0 bridgehead atoms. The standard InChI is InChI=1S/C6H12O3/c1-3-6(2)9-5-8-4-7/h4,6H,3,5H2,1-2H3. The zero-order valence-electron chi connectivity index (χ0n) is 5.79. The Bertz CT molecular complexity index is 72.7. The topological polar surface area (TPSA) is 35.5 Å². The van der Waals surface area contributed by atoms with Gasteiger partial charge in [0.05, 0.1) is 6.10 Å². The Balaban J connectivity index is 2.96. The maximum Gasteiger partial charge on any atom is 0.295 e. The molecular weight excluding hydrogens is 120 g/mol. The molecule has 1 unspecified atom stereocenters. The first-order valence-electron chi connectivity index (χ1n) is 2.98. The second-order valence-electron chi connectivity index (χ2n) is 1.77. The molecule has 0 heterocycles. The second-order valence-corrected chi connectivity index (χ2v) is 1.77. The van der Waals surface area contributed by atoms with Crippen LogP contribution in [-0.2, 0) is 14.3 Å². The van der Waals surface area contributed by atoms with Crippen molar-refractivity contribution in [1.29, 1.82) is 0 Å². The molecule has 0 N–H and O–H groups in total. The van der Waals surface area contributed by atoms with Crippen molar-refractivity contribution in [1.82, 2.24) is 0 Å². The summed E-state index contributed by atoms with van der Waals surface area (Å²) in [7, 11) is 0. The van der Waals surface area contributed by atoms with Gasteiger partial charge in [0.2, 0.25) is 0 Å². The van der Waals surface area contributed by atoms with Crippen molar-refractivity contribution in [2.75, 3.05) is 6.79 Å². The molecule has 0 radical (unpaired) electrons. The number of hydrogen-bond donors (Lipinski definition) is 0. The van der Waals surface area contributed by atoms with E-state index in [-0.39, 0.29) is 12.9 Å². The quantitative estimate of drug-likeness (QED) is 0.317. The third-order valence-corrected chi connectivity index (χ3v) is 1.06. The van der Waals surface area contributed by atoms with Gasteiger partial charge in [-0.1, -0.05) is 6.92 Å². The van der Waals surface area contributed by atoms with Gasteiger partial charge in [0.25, 0.3) is 6.47 Å². The Morgan fingerprint density at radius 1 is 1.67 bits per heavy atom. The lowest BCUT2D eigenvalue weighted by Crippen LogP contribution is -2.08. The summed E-state index contributed by atoms with van der Waals surface area (Å²) in [6.45, 7) is 4.38. The Labute approximate surface area is 55.0 Å². The van der Waals surface area contributed by atoms with Crippen molar-refractivity contribution in [3.63, 3.8) is 0 Å². The largest absolute Gasteiger partial charge is 0.441 e. The highest BCUT2D eigenvalue weighted by Crippen LogP contribution is 1.93. The van der Waals surface area contributed by atoms with Crippen LogP contribution in [0.3, 0.4) is 0 Å². The Hall–Kier alpha value is -0.570. The van der Waals surface area contributed by atoms with Gasteiger partial charge in [-0.15, -0.1) is 0 Å². The second kappa shape index (κ2) is 5.56. The summed E-state index contributed by atoms with van der Waals surface area (Å²) < 4.78 is 9.28. The molecule has 0 spiro atoms. The smallest absolute Gasteiger partial charge is 0.295 e. The minimum atomic E-state index is 0.0680. The lowest BCUT2D eigenvalue weighted by molar-refractivity contribution is -0.144. The van der Waals surface area contributed by atoms with E-state index >= 15 is 0 Å². The van der Waals surface area contributed by atoms with E-state index in [1.165, 1.54) is 0 Å². The van der Waals surface area contributed by atoms with Crippen molar-refractivity contribution >= 4 is 6.47 Å². The van der Waals surface area contributed by atoms with Crippen molar-refractivity contribution in [2.45, 2.75) is 26.4 Å². The normalized spacial score (nSPS) is 12.7. The van der Waals surface area contributed by atoms with E-state index in [9.17, 15) is 4.79 Å². The predicted octanol–water partition coefficient (Wildman–Crippen LogP) is 0.932. The first-order valence-corrected chi connectivity index (χ1v) is 2.98. The van der Waals surface area contributed by atoms with Crippen molar-refractivity contribution in [3.8, 4) is 0 Å². The van der Waals surface area contributed by atoms with Crippen molar-refractivity contribution in [3.05, 3.63) is 0 Å². The van der Waals surface area contributed by atoms with E-state index in [4.69, 9.17) is 4.74 Å².